The van der Waals surface area contributed by atoms with E-state index >= 15 is 0 Å². The van der Waals surface area contributed by atoms with Gasteiger partial charge in [0.25, 0.3) is 0 Å². The van der Waals surface area contributed by atoms with Gasteiger partial charge in [0.1, 0.15) is 0 Å². The molecule has 6 rings (SSSR count). The molecule has 0 bridgehead atoms. The van der Waals surface area contributed by atoms with Gasteiger partial charge in [-0.05, 0) is 0 Å². The summed E-state index contributed by atoms with van der Waals surface area (Å²) < 4.78 is 3.86. The van der Waals surface area contributed by atoms with Crippen LogP contribution in [0.5, 0.6) is 0 Å². The predicted octanol–water partition coefficient (Wildman–Crippen LogP) is 4.43. The van der Waals surface area contributed by atoms with Gasteiger partial charge in [0.2, 0.25) is 0 Å². The molecule has 2 aliphatic carbocycles. The molecule has 0 amide bonds. The van der Waals surface area contributed by atoms with Crippen LogP contribution in [-0.2, 0) is 21.3 Å². The van der Waals surface area contributed by atoms with Gasteiger partial charge in [0, 0.05) is 0 Å². The maximum atomic E-state index is 2.73. The summed E-state index contributed by atoms with van der Waals surface area (Å²) in [6.07, 6.45) is 2.73. The van der Waals surface area contributed by atoms with E-state index < -0.39 is 21.3 Å². The van der Waals surface area contributed by atoms with Crippen LogP contribution in [0.1, 0.15) is 67.4 Å². The van der Waals surface area contributed by atoms with E-state index in [0.29, 0.717) is 27.3 Å². The maximum absolute atomic E-state index is 2.80. The van der Waals surface area contributed by atoms with Gasteiger partial charge in [-0.3, -0.25) is 0 Å². The molecule has 0 spiro atoms. The molecule has 0 radical (unpaired) electrons. The number of benzene rings is 4. The van der Waals surface area contributed by atoms with Crippen LogP contribution in [0.4, 0.5) is 0 Å². The van der Waals surface area contributed by atoms with E-state index in [0.717, 1.165) is 0 Å². The van der Waals surface area contributed by atoms with E-state index in [1.54, 1.807) is 28.8 Å². The second-order valence-corrected chi connectivity index (χ2v) is 18.8. The molecule has 0 heterocycles. The zero-order valence-corrected chi connectivity index (χ0v) is 30.1. The summed E-state index contributed by atoms with van der Waals surface area (Å²) in [6.45, 7) is 14.6. The topological polar surface area (TPSA) is 0 Å². The molecular formula is C40H42Cl2Zr. The van der Waals surface area contributed by atoms with Crippen molar-refractivity contribution in [3.8, 4) is 11.1 Å². The average molecular weight is 685 g/mol. The minimum Gasteiger partial charge on any atom is -1.00 e. The van der Waals surface area contributed by atoms with E-state index in [1.165, 1.54) is 22.3 Å². The second-order valence-electron chi connectivity index (χ2n) is 12.7. The summed E-state index contributed by atoms with van der Waals surface area (Å²) in [5, 5.41) is 0. The predicted molar refractivity (Wildman–Crippen MR) is 173 cm³/mol. The van der Waals surface area contributed by atoms with Crippen LogP contribution in [0, 0.1) is 23.7 Å². The Hall–Kier alpha value is -2.31. The molecular weight excluding hydrogens is 643 g/mol. The fourth-order valence-corrected chi connectivity index (χ4v) is 17.6. The van der Waals surface area contributed by atoms with Gasteiger partial charge in [-0.1, -0.05) is 0 Å². The summed E-state index contributed by atoms with van der Waals surface area (Å²) >= 11 is -2.80. The molecule has 0 nitrogen and oxygen atoms in total. The van der Waals surface area contributed by atoms with Crippen molar-refractivity contribution < 1.29 is 46.1 Å². The second kappa shape index (κ2) is 14.2. The quantitative estimate of drug-likeness (QED) is 0.271. The zero-order chi connectivity index (χ0) is 28.7. The minimum atomic E-state index is -2.80. The number of hydrogen-bond acceptors (Lipinski definition) is 0. The Labute approximate surface area is 279 Å². The molecule has 0 aromatic heterocycles. The van der Waals surface area contributed by atoms with Gasteiger partial charge in [0.05, 0.1) is 0 Å². The van der Waals surface area contributed by atoms with Crippen LogP contribution in [0.15, 0.2) is 130 Å². The monoisotopic (exact) mass is 682 g/mol. The first-order valence-electron chi connectivity index (χ1n) is 15.4. The SMILES string of the molecule is CC(C)C1=C(C(C)C)C(C(C)C)[C]([Zr+2](=[C](c2ccccc2)c2ccccc2)[CH]2c3ccccc3-c3ccccc32)=C1.[Cl-].[Cl-]. The summed E-state index contributed by atoms with van der Waals surface area (Å²) in [7, 11) is 0. The first kappa shape index (κ1) is 33.6. The number of allylic oxidation sites excluding steroid dienone is 4. The van der Waals surface area contributed by atoms with Crippen LogP contribution < -0.4 is 24.8 Å². The fraction of sp³-hybridized carbons (Fsp3) is 0.275. The van der Waals surface area contributed by atoms with Crippen LogP contribution in [0.25, 0.3) is 11.1 Å². The van der Waals surface area contributed by atoms with Crippen LogP contribution in [-0.4, -0.2) is 3.21 Å². The van der Waals surface area contributed by atoms with E-state index in [1.807, 2.05) is 0 Å². The molecule has 220 valence electrons. The van der Waals surface area contributed by atoms with Crippen molar-refractivity contribution in [1.82, 2.24) is 0 Å². The summed E-state index contributed by atoms with van der Waals surface area (Å²) in [6, 6.07) is 41.3. The first-order chi connectivity index (χ1) is 19.9. The van der Waals surface area contributed by atoms with Crippen molar-refractivity contribution in [2.24, 2.45) is 23.7 Å². The number of fused-ring (bicyclic) bond motifs is 3. The van der Waals surface area contributed by atoms with E-state index in [9.17, 15) is 0 Å². The molecule has 0 saturated heterocycles. The van der Waals surface area contributed by atoms with Crippen LogP contribution >= 0.6 is 0 Å². The molecule has 0 aliphatic heterocycles. The molecule has 3 heteroatoms. The molecule has 0 N–H and O–H groups in total. The number of hydrogen-bond donors (Lipinski definition) is 0. The maximum Gasteiger partial charge on any atom is -1.00 e. The Morgan fingerprint density at radius 2 is 1.00 bits per heavy atom. The van der Waals surface area contributed by atoms with Crippen molar-refractivity contribution in [1.29, 1.82) is 0 Å². The van der Waals surface area contributed by atoms with Crippen LogP contribution in [0.3, 0.4) is 0 Å². The molecule has 1 unspecified atom stereocenters. The summed E-state index contributed by atoms with van der Waals surface area (Å²) in [5.41, 5.74) is 12.1. The van der Waals surface area contributed by atoms with Gasteiger partial charge in [-0.25, -0.2) is 0 Å². The molecule has 43 heavy (non-hydrogen) atoms. The number of halogens is 2. The summed E-state index contributed by atoms with van der Waals surface area (Å²) in [5.74, 6) is 2.13. The van der Waals surface area contributed by atoms with Crippen molar-refractivity contribution in [2.45, 2.75) is 45.2 Å². The van der Waals surface area contributed by atoms with Gasteiger partial charge in [0.15, 0.2) is 0 Å². The first-order valence-corrected chi connectivity index (χ1v) is 19.2. The van der Waals surface area contributed by atoms with Crippen molar-refractivity contribution >= 4 is 3.21 Å². The normalized spacial score (nSPS) is 15.4. The van der Waals surface area contributed by atoms with Crippen molar-refractivity contribution in [3.05, 3.63) is 152 Å². The van der Waals surface area contributed by atoms with Gasteiger partial charge < -0.3 is 24.8 Å². The smallest absolute Gasteiger partial charge is 1.00 e. The molecule has 1 atom stereocenters. The third-order valence-corrected chi connectivity index (χ3v) is 17.4. The Bertz CT molecular complexity index is 1570. The Balaban J connectivity index is 0.00000212. The third-order valence-electron chi connectivity index (χ3n) is 9.05. The standard InChI is InChI=1S/C14H23.C13H9.C13H10.2ClH.Zr/c1-9(2)12-7-8-13(10(3)4)14(12)11(5)6;1-3-7-12-10(5-1)9-11-6-2-4-8-13(11)12;1-3-7-12(8-4-1)11-13-9-5-2-6-10-13;;;/h7,9-11,13H,1-6H3;1-9H;1-10H;2*1H;/q;;;;;+2/p-2. The van der Waals surface area contributed by atoms with E-state index in [2.05, 4.69) is 157 Å². The van der Waals surface area contributed by atoms with E-state index in [4.69, 9.17) is 0 Å². The molecule has 2 aliphatic rings. The van der Waals surface area contributed by atoms with E-state index in [-0.39, 0.29) is 24.8 Å². The van der Waals surface area contributed by atoms with Crippen molar-refractivity contribution in [3.63, 3.8) is 0 Å². The summed E-state index contributed by atoms with van der Waals surface area (Å²) in [4.78, 5) is 0. The van der Waals surface area contributed by atoms with Crippen molar-refractivity contribution in [2.75, 3.05) is 0 Å². The minimum absolute atomic E-state index is 0. The molecule has 4 aromatic rings. The molecule has 0 fully saturated rings. The average Bonchev–Trinajstić information content (AvgIpc) is 3.55. The van der Waals surface area contributed by atoms with Gasteiger partial charge in [-0.15, -0.1) is 0 Å². The Morgan fingerprint density at radius 3 is 1.42 bits per heavy atom. The fourth-order valence-electron chi connectivity index (χ4n) is 7.45. The molecule has 0 saturated carbocycles. The van der Waals surface area contributed by atoms with Crippen LogP contribution in [0.2, 0.25) is 0 Å². The molecule has 4 aromatic carbocycles. The number of rotatable bonds is 7. The zero-order valence-electron chi connectivity index (χ0n) is 26.1. The Morgan fingerprint density at radius 1 is 0.558 bits per heavy atom. The Kier molecular flexibility index (Phi) is 11.1. The van der Waals surface area contributed by atoms with Gasteiger partial charge in [-0.2, -0.15) is 0 Å². The van der Waals surface area contributed by atoms with Gasteiger partial charge >= 0.3 is 256 Å². The largest absolute Gasteiger partial charge is 1.00 e. The third kappa shape index (κ3) is 6.16.